The van der Waals surface area contributed by atoms with Gasteiger partial charge >= 0.3 is 0 Å². The molecule has 5 nitrogen and oxygen atoms in total. The van der Waals surface area contributed by atoms with Crippen molar-refractivity contribution < 1.29 is 18.0 Å². The summed E-state index contributed by atoms with van der Waals surface area (Å²) in [7, 11) is 4.19. The normalized spacial score (nSPS) is 11.7. The smallest absolute Gasteiger partial charge is 0.216 e. The number of fused-ring (bicyclic) bond motifs is 6. The molecule has 236 valence electrons. The maximum Gasteiger partial charge on any atom is 0.216 e. The van der Waals surface area contributed by atoms with E-state index in [2.05, 4.69) is 170 Å². The van der Waals surface area contributed by atoms with Gasteiger partial charge in [-0.15, -0.1) is 0 Å². The maximum atomic E-state index is 6.68. The fourth-order valence-electron chi connectivity index (χ4n) is 7.51. The third-order valence-electron chi connectivity index (χ3n) is 9.92. The summed E-state index contributed by atoms with van der Waals surface area (Å²) >= 11 is 0. The van der Waals surface area contributed by atoms with E-state index in [0.717, 1.165) is 94.6 Å². The lowest BCUT2D eigenvalue weighted by atomic mass is 9.94. The van der Waals surface area contributed by atoms with Gasteiger partial charge in [-0.05, 0) is 73.5 Å². The highest BCUT2D eigenvalue weighted by atomic mass is 16.3. The fourth-order valence-corrected chi connectivity index (χ4v) is 7.51. The van der Waals surface area contributed by atoms with Gasteiger partial charge in [-0.3, -0.25) is 0 Å². The van der Waals surface area contributed by atoms with Crippen LogP contribution < -0.4 is 14.0 Å². The van der Waals surface area contributed by atoms with Crippen molar-refractivity contribution in [3.8, 4) is 22.5 Å². The number of aryl methyl sites for hydroxylation is 2. The van der Waals surface area contributed by atoms with E-state index in [-0.39, 0.29) is 0 Å². The Balaban J connectivity index is 1.45. The molecule has 0 fully saturated rings. The number of furan rings is 2. The first-order valence-corrected chi connectivity index (χ1v) is 16.6. The first-order valence-electron chi connectivity index (χ1n) is 16.6. The van der Waals surface area contributed by atoms with E-state index in [0.29, 0.717) is 0 Å². The van der Waals surface area contributed by atoms with Crippen LogP contribution in [0.3, 0.4) is 0 Å². The average Bonchev–Trinajstić information content (AvgIpc) is 3.68. The minimum Gasteiger partial charge on any atom is -0.455 e. The van der Waals surface area contributed by atoms with Crippen molar-refractivity contribution in [3.05, 3.63) is 151 Å². The minimum atomic E-state index is 0.876. The van der Waals surface area contributed by atoms with Gasteiger partial charge in [0.05, 0.1) is 22.5 Å². The van der Waals surface area contributed by atoms with Crippen molar-refractivity contribution in [1.82, 2.24) is 0 Å². The number of anilines is 3. The lowest BCUT2D eigenvalue weighted by Crippen LogP contribution is -2.30. The lowest BCUT2D eigenvalue weighted by Gasteiger charge is -2.30. The molecule has 0 amide bonds. The van der Waals surface area contributed by atoms with Crippen molar-refractivity contribution in [2.75, 3.05) is 4.90 Å². The summed E-state index contributed by atoms with van der Waals surface area (Å²) in [5, 5.41) is 4.35. The predicted molar refractivity (Wildman–Crippen MR) is 198 cm³/mol. The van der Waals surface area contributed by atoms with Crippen LogP contribution >= 0.6 is 0 Å². The van der Waals surface area contributed by atoms with Gasteiger partial charge < -0.3 is 13.7 Å². The number of hydrogen-bond donors (Lipinski definition) is 0. The molecule has 0 aliphatic carbocycles. The summed E-state index contributed by atoms with van der Waals surface area (Å²) < 4.78 is 17.7. The molecule has 49 heavy (non-hydrogen) atoms. The Kier molecular flexibility index (Phi) is 6.63. The highest BCUT2D eigenvalue weighted by Crippen LogP contribution is 2.49. The second kappa shape index (κ2) is 11.2. The highest BCUT2D eigenvalue weighted by Gasteiger charge is 2.30. The van der Waals surface area contributed by atoms with Gasteiger partial charge in [0.1, 0.15) is 36.4 Å². The molecule has 9 rings (SSSR count). The Morgan fingerprint density at radius 3 is 1.37 bits per heavy atom. The zero-order valence-electron chi connectivity index (χ0n) is 27.9. The van der Waals surface area contributed by atoms with Crippen LogP contribution in [0.25, 0.3) is 66.4 Å². The molecule has 5 aromatic carbocycles. The Morgan fingerprint density at radius 1 is 0.469 bits per heavy atom. The molecule has 4 heterocycles. The van der Waals surface area contributed by atoms with Crippen LogP contribution in [0.4, 0.5) is 17.1 Å². The van der Waals surface area contributed by atoms with Gasteiger partial charge in [-0.1, -0.05) is 54.6 Å². The van der Waals surface area contributed by atoms with Crippen LogP contribution in [-0.4, -0.2) is 0 Å². The van der Waals surface area contributed by atoms with E-state index in [9.17, 15) is 0 Å². The van der Waals surface area contributed by atoms with Crippen molar-refractivity contribution in [2.24, 2.45) is 14.1 Å². The molecule has 4 aromatic heterocycles. The molecule has 9 aromatic rings. The highest BCUT2D eigenvalue weighted by molar-refractivity contribution is 6.14. The summed E-state index contributed by atoms with van der Waals surface area (Å²) in [6.07, 6.45) is 4.19. The summed E-state index contributed by atoms with van der Waals surface area (Å²) in [6.45, 7) is 4.44. The largest absolute Gasteiger partial charge is 0.455 e. The minimum absolute atomic E-state index is 0.876. The molecule has 0 N–H and O–H groups in total. The second-order valence-electron chi connectivity index (χ2n) is 12.8. The van der Waals surface area contributed by atoms with E-state index >= 15 is 0 Å². The van der Waals surface area contributed by atoms with Crippen LogP contribution in [0.1, 0.15) is 11.1 Å². The van der Waals surface area contributed by atoms with Crippen molar-refractivity contribution in [3.63, 3.8) is 0 Å². The van der Waals surface area contributed by atoms with Gasteiger partial charge in [-0.2, -0.15) is 0 Å². The standard InChI is InChI=1S/C44H35N3O2/c1-28-37(26-33-31-18-8-10-22-39(31)48-43(33)41(28)35-20-12-14-24-45(35)3)47(30-16-6-5-7-17-30)38-27-34-32-19-9-11-23-40(32)49-44(34)42(29(38)2)36-21-13-15-25-46(36)4/h5-27H,1-4H3/q+2. The van der Waals surface area contributed by atoms with Crippen molar-refractivity contribution >= 4 is 60.9 Å². The molecule has 0 atom stereocenters. The third-order valence-corrected chi connectivity index (χ3v) is 9.92. The number of nitrogens with zero attached hydrogens (tertiary/aromatic N) is 3. The summed E-state index contributed by atoms with van der Waals surface area (Å²) in [4.78, 5) is 2.42. The molecule has 0 spiro atoms. The van der Waals surface area contributed by atoms with Crippen LogP contribution in [-0.2, 0) is 14.1 Å². The molecule has 0 saturated carbocycles. The Morgan fingerprint density at radius 2 is 0.898 bits per heavy atom. The zero-order chi connectivity index (χ0) is 33.2. The third kappa shape index (κ3) is 4.46. The maximum absolute atomic E-state index is 6.68. The van der Waals surface area contributed by atoms with Crippen molar-refractivity contribution in [2.45, 2.75) is 13.8 Å². The number of benzene rings is 5. The monoisotopic (exact) mass is 637 g/mol. The molecule has 0 radical (unpaired) electrons. The summed E-state index contributed by atoms with van der Waals surface area (Å²) in [5.74, 6) is 0. The average molecular weight is 638 g/mol. The molecule has 0 aliphatic heterocycles. The topological polar surface area (TPSA) is 37.3 Å². The predicted octanol–water partition coefficient (Wildman–Crippen LogP) is 10.6. The Bertz CT molecular complexity index is 2550. The Labute approximate surface area is 284 Å². The Hall–Kier alpha value is -6.20. The van der Waals surface area contributed by atoms with Crippen LogP contribution in [0.15, 0.2) is 149 Å². The molecule has 0 bridgehead atoms. The fraction of sp³-hybridized carbons (Fsp3) is 0.0909. The first-order chi connectivity index (χ1) is 24.0. The number of pyridine rings is 2. The molecular weight excluding hydrogens is 603 g/mol. The first kappa shape index (κ1) is 29.0. The summed E-state index contributed by atoms with van der Waals surface area (Å²) in [6, 6.07) is 44.7. The van der Waals surface area contributed by atoms with Crippen LogP contribution in [0.5, 0.6) is 0 Å². The van der Waals surface area contributed by atoms with Gasteiger partial charge in [0, 0.05) is 51.5 Å². The van der Waals surface area contributed by atoms with Crippen molar-refractivity contribution in [1.29, 1.82) is 0 Å². The van der Waals surface area contributed by atoms with E-state index in [1.165, 1.54) is 0 Å². The number of hydrogen-bond acceptors (Lipinski definition) is 3. The zero-order valence-corrected chi connectivity index (χ0v) is 27.9. The van der Waals surface area contributed by atoms with Gasteiger partial charge in [0.2, 0.25) is 11.4 Å². The SMILES string of the molecule is Cc1c(N(c2ccccc2)c2cc3c(oc4ccccc43)c(-c3cccc[n+]3C)c2C)cc2c(oc3ccccc32)c1-c1cccc[n+]1C. The number of rotatable bonds is 5. The van der Waals surface area contributed by atoms with Gasteiger partial charge in [0.15, 0.2) is 12.4 Å². The van der Waals surface area contributed by atoms with Crippen LogP contribution in [0, 0.1) is 13.8 Å². The molecule has 5 heteroatoms. The molecule has 0 aliphatic rings. The molecule has 0 saturated heterocycles. The molecule has 0 unspecified atom stereocenters. The van der Waals surface area contributed by atoms with E-state index < -0.39 is 0 Å². The van der Waals surface area contributed by atoms with Gasteiger partial charge in [-0.25, -0.2) is 9.13 Å². The lowest BCUT2D eigenvalue weighted by molar-refractivity contribution is -0.660. The van der Waals surface area contributed by atoms with Gasteiger partial charge in [0.25, 0.3) is 0 Å². The summed E-state index contributed by atoms with van der Waals surface area (Å²) in [5.41, 5.74) is 13.4. The number of aromatic nitrogens is 2. The molecular formula is C44H35N3O2+2. The second-order valence-corrected chi connectivity index (χ2v) is 12.8. The van der Waals surface area contributed by atoms with E-state index in [1.807, 2.05) is 12.1 Å². The van der Waals surface area contributed by atoms with E-state index in [1.54, 1.807) is 0 Å². The van der Waals surface area contributed by atoms with E-state index in [4.69, 9.17) is 8.83 Å². The number of para-hydroxylation sites is 3. The van der Waals surface area contributed by atoms with Crippen LogP contribution in [0.2, 0.25) is 0 Å². The quantitative estimate of drug-likeness (QED) is 0.176.